The van der Waals surface area contributed by atoms with E-state index in [1.807, 2.05) is 6.92 Å². The molecule has 16 heavy (non-hydrogen) atoms. The van der Waals surface area contributed by atoms with Gasteiger partial charge in [0.15, 0.2) is 0 Å². The average Bonchev–Trinajstić information content (AvgIpc) is 2.18. The highest BCUT2D eigenvalue weighted by Gasteiger charge is 2.09. The summed E-state index contributed by atoms with van der Waals surface area (Å²) < 4.78 is 11.0. The number of hydrogen-bond acceptors (Lipinski definition) is 2. The molecule has 90 valence electrons. The van der Waals surface area contributed by atoms with Gasteiger partial charge < -0.3 is 9.47 Å². The van der Waals surface area contributed by atoms with E-state index in [1.54, 1.807) is 7.11 Å². The van der Waals surface area contributed by atoms with Crippen LogP contribution in [0.25, 0.3) is 0 Å². The summed E-state index contributed by atoms with van der Waals surface area (Å²) in [5.74, 6) is 0.952. The van der Waals surface area contributed by atoms with Gasteiger partial charge in [0.25, 0.3) is 0 Å². The van der Waals surface area contributed by atoms with Crippen molar-refractivity contribution in [3.63, 3.8) is 0 Å². The summed E-state index contributed by atoms with van der Waals surface area (Å²) in [6, 6.07) is 6.30. The van der Waals surface area contributed by atoms with Crippen LogP contribution in [-0.2, 0) is 11.2 Å². The lowest BCUT2D eigenvalue weighted by molar-refractivity contribution is -0.000985. The number of ether oxygens (including phenoxy) is 2. The Bertz CT molecular complexity index is 337. The predicted octanol–water partition coefficient (Wildman–Crippen LogP) is 3.36. The number of hydrogen-bond donors (Lipinski definition) is 0. The number of benzene rings is 1. The van der Waals surface area contributed by atoms with Crippen LogP contribution in [0.3, 0.4) is 0 Å². The van der Waals surface area contributed by atoms with Crippen molar-refractivity contribution in [2.24, 2.45) is 0 Å². The minimum atomic E-state index is -0.0607. The fraction of sp³-hybridized carbons (Fsp3) is 0.571. The molecule has 0 unspecified atom stereocenters. The lowest BCUT2D eigenvalue weighted by Gasteiger charge is -2.19. The molecule has 0 spiro atoms. The maximum atomic E-state index is 5.70. The molecule has 1 aromatic rings. The summed E-state index contributed by atoms with van der Waals surface area (Å²) in [5.41, 5.74) is 2.36. The molecule has 0 amide bonds. The van der Waals surface area contributed by atoms with Crippen molar-refractivity contribution in [1.29, 1.82) is 0 Å². The molecule has 1 rings (SSSR count). The molecule has 0 aliphatic carbocycles. The van der Waals surface area contributed by atoms with E-state index < -0.39 is 0 Å². The van der Waals surface area contributed by atoms with E-state index in [9.17, 15) is 0 Å². The Morgan fingerprint density at radius 3 is 2.44 bits per heavy atom. The second kappa shape index (κ2) is 5.35. The first-order valence-electron chi connectivity index (χ1n) is 5.70. The van der Waals surface area contributed by atoms with E-state index >= 15 is 0 Å². The van der Waals surface area contributed by atoms with Gasteiger partial charge in [-0.15, -0.1) is 0 Å². The SMILES string of the molecule is COc1cc(CCOC(C)(C)C)ccc1C. The van der Waals surface area contributed by atoms with Crippen molar-refractivity contribution in [3.05, 3.63) is 29.3 Å². The fourth-order valence-electron chi connectivity index (χ4n) is 1.49. The van der Waals surface area contributed by atoms with Crippen molar-refractivity contribution >= 4 is 0 Å². The smallest absolute Gasteiger partial charge is 0.122 e. The van der Waals surface area contributed by atoms with E-state index in [1.165, 1.54) is 11.1 Å². The Kier molecular flexibility index (Phi) is 4.36. The summed E-state index contributed by atoms with van der Waals surface area (Å²) in [6.07, 6.45) is 0.925. The zero-order chi connectivity index (χ0) is 12.2. The van der Waals surface area contributed by atoms with E-state index in [2.05, 4.69) is 39.0 Å². The largest absolute Gasteiger partial charge is 0.496 e. The van der Waals surface area contributed by atoms with E-state index in [0.717, 1.165) is 18.8 Å². The lowest BCUT2D eigenvalue weighted by atomic mass is 10.1. The highest BCUT2D eigenvalue weighted by Crippen LogP contribution is 2.19. The van der Waals surface area contributed by atoms with Gasteiger partial charge in [-0.25, -0.2) is 0 Å². The van der Waals surface area contributed by atoms with Gasteiger partial charge in [-0.05, 0) is 51.3 Å². The van der Waals surface area contributed by atoms with Crippen molar-refractivity contribution < 1.29 is 9.47 Å². The Balaban J connectivity index is 2.55. The quantitative estimate of drug-likeness (QED) is 0.777. The first kappa shape index (κ1) is 13.0. The molecule has 0 atom stereocenters. The third kappa shape index (κ3) is 4.23. The zero-order valence-corrected chi connectivity index (χ0v) is 11.0. The summed E-state index contributed by atoms with van der Waals surface area (Å²) in [4.78, 5) is 0. The molecule has 2 nitrogen and oxygen atoms in total. The number of rotatable bonds is 4. The predicted molar refractivity (Wildman–Crippen MR) is 67.1 cm³/mol. The van der Waals surface area contributed by atoms with Gasteiger partial charge in [0.2, 0.25) is 0 Å². The first-order chi connectivity index (χ1) is 7.42. The minimum absolute atomic E-state index is 0.0607. The highest BCUT2D eigenvalue weighted by atomic mass is 16.5. The normalized spacial score (nSPS) is 11.6. The van der Waals surface area contributed by atoms with Gasteiger partial charge in [-0.1, -0.05) is 12.1 Å². The summed E-state index contributed by atoms with van der Waals surface area (Å²) in [7, 11) is 1.71. The third-order valence-electron chi connectivity index (χ3n) is 2.40. The summed E-state index contributed by atoms with van der Waals surface area (Å²) >= 11 is 0. The standard InChI is InChI=1S/C14H22O2/c1-11-6-7-12(10-13(11)15-5)8-9-16-14(2,3)4/h6-7,10H,8-9H2,1-5H3. The number of methoxy groups -OCH3 is 1. The maximum Gasteiger partial charge on any atom is 0.122 e. The Hall–Kier alpha value is -1.02. The molecule has 0 aliphatic heterocycles. The van der Waals surface area contributed by atoms with E-state index in [4.69, 9.17) is 9.47 Å². The molecular formula is C14H22O2. The maximum absolute atomic E-state index is 5.70. The van der Waals surface area contributed by atoms with Crippen LogP contribution in [0.5, 0.6) is 5.75 Å². The van der Waals surface area contributed by atoms with E-state index in [0.29, 0.717) is 0 Å². The molecule has 0 aliphatic rings. The van der Waals surface area contributed by atoms with Crippen LogP contribution < -0.4 is 4.74 Å². The molecule has 0 bridgehead atoms. The molecule has 0 fully saturated rings. The first-order valence-corrected chi connectivity index (χ1v) is 5.70. The van der Waals surface area contributed by atoms with Crippen molar-refractivity contribution in [3.8, 4) is 5.75 Å². The molecular weight excluding hydrogens is 200 g/mol. The second-order valence-electron chi connectivity index (χ2n) is 5.01. The summed E-state index contributed by atoms with van der Waals surface area (Å²) in [5, 5.41) is 0. The van der Waals surface area contributed by atoms with Gasteiger partial charge in [-0.3, -0.25) is 0 Å². The Morgan fingerprint density at radius 1 is 1.19 bits per heavy atom. The van der Waals surface area contributed by atoms with Crippen LogP contribution in [0.4, 0.5) is 0 Å². The molecule has 0 saturated carbocycles. The van der Waals surface area contributed by atoms with Crippen molar-refractivity contribution in [2.45, 2.75) is 39.7 Å². The molecule has 2 heteroatoms. The van der Waals surface area contributed by atoms with Gasteiger partial charge in [0.05, 0.1) is 19.3 Å². The third-order valence-corrected chi connectivity index (χ3v) is 2.40. The van der Waals surface area contributed by atoms with Gasteiger partial charge >= 0.3 is 0 Å². The Morgan fingerprint density at radius 2 is 1.88 bits per heavy atom. The van der Waals surface area contributed by atoms with Crippen LogP contribution in [0.2, 0.25) is 0 Å². The van der Waals surface area contributed by atoms with Crippen molar-refractivity contribution in [2.75, 3.05) is 13.7 Å². The van der Waals surface area contributed by atoms with Gasteiger partial charge in [0, 0.05) is 0 Å². The molecule has 0 N–H and O–H groups in total. The highest BCUT2D eigenvalue weighted by molar-refractivity contribution is 5.36. The molecule has 0 aromatic heterocycles. The molecule has 0 radical (unpaired) electrons. The van der Waals surface area contributed by atoms with Crippen molar-refractivity contribution in [1.82, 2.24) is 0 Å². The van der Waals surface area contributed by atoms with Gasteiger partial charge in [-0.2, -0.15) is 0 Å². The topological polar surface area (TPSA) is 18.5 Å². The summed E-state index contributed by atoms with van der Waals surface area (Å²) in [6.45, 7) is 9.01. The Labute approximate surface area is 98.6 Å². The second-order valence-corrected chi connectivity index (χ2v) is 5.01. The molecule has 0 heterocycles. The lowest BCUT2D eigenvalue weighted by Crippen LogP contribution is -2.20. The number of aryl methyl sites for hydroxylation is 1. The average molecular weight is 222 g/mol. The minimum Gasteiger partial charge on any atom is -0.496 e. The van der Waals surface area contributed by atoms with Crippen LogP contribution in [0, 0.1) is 6.92 Å². The van der Waals surface area contributed by atoms with Gasteiger partial charge in [0.1, 0.15) is 5.75 Å². The zero-order valence-electron chi connectivity index (χ0n) is 11.0. The molecule has 0 saturated heterocycles. The van der Waals surface area contributed by atoms with E-state index in [-0.39, 0.29) is 5.60 Å². The fourth-order valence-corrected chi connectivity index (χ4v) is 1.49. The monoisotopic (exact) mass is 222 g/mol. The van der Waals surface area contributed by atoms with Crippen LogP contribution in [0.1, 0.15) is 31.9 Å². The van der Waals surface area contributed by atoms with Crippen LogP contribution in [-0.4, -0.2) is 19.3 Å². The van der Waals surface area contributed by atoms with Crippen LogP contribution >= 0.6 is 0 Å². The van der Waals surface area contributed by atoms with Crippen LogP contribution in [0.15, 0.2) is 18.2 Å². The molecule has 1 aromatic carbocycles.